The van der Waals surface area contributed by atoms with Crippen LogP contribution in [0.1, 0.15) is 64.6 Å². The van der Waals surface area contributed by atoms with Crippen LogP contribution in [-0.4, -0.2) is 48.1 Å². The Morgan fingerprint density at radius 3 is 2.40 bits per heavy atom. The number of aliphatic imine (C=N–C) groups is 1. The highest BCUT2D eigenvalue weighted by Gasteiger charge is 2.27. The summed E-state index contributed by atoms with van der Waals surface area (Å²) in [6.07, 6.45) is 4.00. The number of nitrogens with one attached hydrogen (secondary N) is 2. The molecule has 2 heterocycles. The molecular formula is C19H35N5S. The Labute approximate surface area is 157 Å². The first-order chi connectivity index (χ1) is 11.7. The Kier molecular flexibility index (Phi) is 6.86. The number of guanidine groups is 1. The molecule has 6 heteroatoms. The number of hydrogen-bond donors (Lipinski definition) is 2. The molecule has 0 aliphatic carbocycles. The smallest absolute Gasteiger partial charge is 0.191 e. The SMILES string of the molecule is CN=C(NCc1nc(C(C)(C)C)cs1)NCC(C)(C)N1CCCCC1. The number of rotatable bonds is 5. The molecule has 0 unspecified atom stereocenters. The van der Waals surface area contributed by atoms with Crippen LogP contribution in [-0.2, 0) is 12.0 Å². The molecule has 0 spiro atoms. The highest BCUT2D eigenvalue weighted by molar-refractivity contribution is 7.09. The van der Waals surface area contributed by atoms with Gasteiger partial charge in [0.05, 0.1) is 12.2 Å². The molecule has 1 aliphatic rings. The van der Waals surface area contributed by atoms with Crippen LogP contribution in [0.25, 0.3) is 0 Å². The van der Waals surface area contributed by atoms with Crippen molar-refractivity contribution in [1.82, 2.24) is 20.5 Å². The third kappa shape index (κ3) is 5.96. The first-order valence-electron chi connectivity index (χ1n) is 9.37. The summed E-state index contributed by atoms with van der Waals surface area (Å²) in [6.45, 7) is 15.2. The fourth-order valence-electron chi connectivity index (χ4n) is 3.03. The topological polar surface area (TPSA) is 52.6 Å². The van der Waals surface area contributed by atoms with Gasteiger partial charge in [0.15, 0.2) is 5.96 Å². The van der Waals surface area contributed by atoms with E-state index in [2.05, 4.69) is 60.5 Å². The zero-order valence-corrected chi connectivity index (χ0v) is 17.6. The van der Waals surface area contributed by atoms with E-state index in [1.54, 1.807) is 11.3 Å². The summed E-state index contributed by atoms with van der Waals surface area (Å²) in [7, 11) is 1.83. The Morgan fingerprint density at radius 2 is 1.84 bits per heavy atom. The van der Waals surface area contributed by atoms with Crippen LogP contribution < -0.4 is 10.6 Å². The van der Waals surface area contributed by atoms with Gasteiger partial charge in [-0.3, -0.25) is 9.89 Å². The molecule has 0 amide bonds. The van der Waals surface area contributed by atoms with Gasteiger partial charge in [-0.05, 0) is 39.8 Å². The van der Waals surface area contributed by atoms with Gasteiger partial charge in [0.2, 0.25) is 0 Å². The van der Waals surface area contributed by atoms with Gasteiger partial charge in [-0.15, -0.1) is 11.3 Å². The van der Waals surface area contributed by atoms with E-state index < -0.39 is 0 Å². The van der Waals surface area contributed by atoms with Crippen molar-refractivity contribution in [3.8, 4) is 0 Å². The van der Waals surface area contributed by atoms with Gasteiger partial charge in [-0.1, -0.05) is 27.2 Å². The van der Waals surface area contributed by atoms with Crippen LogP contribution >= 0.6 is 11.3 Å². The molecule has 1 aliphatic heterocycles. The molecule has 25 heavy (non-hydrogen) atoms. The number of nitrogens with zero attached hydrogens (tertiary/aromatic N) is 3. The van der Waals surface area contributed by atoms with Gasteiger partial charge in [-0.25, -0.2) is 4.98 Å². The summed E-state index contributed by atoms with van der Waals surface area (Å²) < 4.78 is 0. The van der Waals surface area contributed by atoms with Crippen LogP contribution in [0.3, 0.4) is 0 Å². The minimum absolute atomic E-state index is 0.104. The van der Waals surface area contributed by atoms with Gasteiger partial charge in [0, 0.05) is 29.9 Å². The largest absolute Gasteiger partial charge is 0.355 e. The first kappa shape index (κ1) is 20.2. The van der Waals surface area contributed by atoms with Crippen molar-refractivity contribution in [3.63, 3.8) is 0 Å². The fraction of sp³-hybridized carbons (Fsp3) is 0.789. The Bertz CT molecular complexity index is 565. The summed E-state index contributed by atoms with van der Waals surface area (Å²) in [6, 6.07) is 0. The van der Waals surface area contributed by atoms with Gasteiger partial charge in [-0.2, -0.15) is 0 Å². The molecule has 0 saturated carbocycles. The van der Waals surface area contributed by atoms with Crippen molar-refractivity contribution in [3.05, 3.63) is 16.1 Å². The highest BCUT2D eigenvalue weighted by Crippen LogP contribution is 2.23. The molecule has 5 nitrogen and oxygen atoms in total. The maximum atomic E-state index is 4.74. The summed E-state index contributed by atoms with van der Waals surface area (Å²) >= 11 is 1.71. The van der Waals surface area contributed by atoms with E-state index in [0.717, 1.165) is 23.2 Å². The first-order valence-corrected chi connectivity index (χ1v) is 10.2. The van der Waals surface area contributed by atoms with E-state index in [1.165, 1.54) is 32.4 Å². The normalized spacial score (nSPS) is 17.6. The molecule has 0 bridgehead atoms. The maximum Gasteiger partial charge on any atom is 0.191 e. The van der Waals surface area contributed by atoms with Crippen molar-refractivity contribution >= 4 is 17.3 Å². The number of piperidine rings is 1. The highest BCUT2D eigenvalue weighted by atomic mass is 32.1. The van der Waals surface area contributed by atoms with E-state index in [0.29, 0.717) is 6.54 Å². The van der Waals surface area contributed by atoms with Crippen LogP contribution in [0, 0.1) is 0 Å². The summed E-state index contributed by atoms with van der Waals surface area (Å²) in [5.41, 5.74) is 1.40. The molecule has 1 aromatic rings. The van der Waals surface area contributed by atoms with Gasteiger partial charge in [0.1, 0.15) is 5.01 Å². The van der Waals surface area contributed by atoms with Crippen molar-refractivity contribution in [1.29, 1.82) is 0 Å². The number of thiazole rings is 1. The van der Waals surface area contributed by atoms with Crippen LogP contribution in [0.5, 0.6) is 0 Å². The van der Waals surface area contributed by atoms with Crippen molar-refractivity contribution in [2.24, 2.45) is 4.99 Å². The number of hydrogen-bond acceptors (Lipinski definition) is 4. The van der Waals surface area contributed by atoms with E-state index in [-0.39, 0.29) is 11.0 Å². The van der Waals surface area contributed by atoms with Gasteiger partial charge >= 0.3 is 0 Å². The molecular weight excluding hydrogens is 330 g/mol. The lowest BCUT2D eigenvalue weighted by atomic mass is 9.93. The predicted octanol–water partition coefficient (Wildman–Crippen LogP) is 3.37. The Balaban J connectivity index is 1.83. The molecule has 0 aromatic carbocycles. The lowest BCUT2D eigenvalue weighted by Crippen LogP contribution is -2.54. The predicted molar refractivity (Wildman–Crippen MR) is 109 cm³/mol. The van der Waals surface area contributed by atoms with E-state index in [4.69, 9.17) is 4.98 Å². The molecule has 1 saturated heterocycles. The molecule has 142 valence electrons. The molecule has 1 aromatic heterocycles. The fourth-order valence-corrected chi connectivity index (χ4v) is 3.99. The average Bonchev–Trinajstić information content (AvgIpc) is 3.05. The third-order valence-corrected chi connectivity index (χ3v) is 5.70. The second-order valence-electron chi connectivity index (χ2n) is 8.52. The van der Waals surface area contributed by atoms with Gasteiger partial charge in [0.25, 0.3) is 0 Å². The maximum absolute atomic E-state index is 4.74. The summed E-state index contributed by atoms with van der Waals surface area (Å²) in [5.74, 6) is 0.845. The van der Waals surface area contributed by atoms with Crippen LogP contribution in [0.15, 0.2) is 10.4 Å². The van der Waals surface area contributed by atoms with E-state index in [9.17, 15) is 0 Å². The Hall–Kier alpha value is -1.14. The lowest BCUT2D eigenvalue weighted by Gasteiger charge is -2.41. The molecule has 2 N–H and O–H groups in total. The van der Waals surface area contributed by atoms with Crippen molar-refractivity contribution in [2.75, 3.05) is 26.7 Å². The number of aromatic nitrogens is 1. The van der Waals surface area contributed by atoms with Crippen molar-refractivity contribution < 1.29 is 0 Å². The molecule has 0 radical (unpaired) electrons. The standard InChI is InChI=1S/C19H35N5S/c1-18(2,3)15-13-25-16(23-15)12-21-17(20-6)22-14-19(4,5)24-10-8-7-9-11-24/h13H,7-12,14H2,1-6H3,(H2,20,21,22). The average molecular weight is 366 g/mol. The Morgan fingerprint density at radius 1 is 1.16 bits per heavy atom. The van der Waals surface area contributed by atoms with Crippen molar-refractivity contribution in [2.45, 2.75) is 71.4 Å². The molecule has 0 atom stereocenters. The second-order valence-corrected chi connectivity index (χ2v) is 9.46. The zero-order chi connectivity index (χ0) is 18.5. The lowest BCUT2D eigenvalue weighted by molar-refractivity contribution is 0.0982. The van der Waals surface area contributed by atoms with E-state index in [1.807, 2.05) is 7.05 Å². The molecule has 1 fully saturated rings. The monoisotopic (exact) mass is 365 g/mol. The van der Waals surface area contributed by atoms with Gasteiger partial charge < -0.3 is 10.6 Å². The number of likely N-dealkylation sites (tertiary alicyclic amines) is 1. The molecule has 2 rings (SSSR count). The van der Waals surface area contributed by atoms with Crippen LogP contribution in [0.4, 0.5) is 0 Å². The second kappa shape index (κ2) is 8.49. The third-order valence-electron chi connectivity index (χ3n) is 4.85. The summed E-state index contributed by atoms with van der Waals surface area (Å²) in [5, 5.41) is 10.1. The minimum Gasteiger partial charge on any atom is -0.355 e. The quantitative estimate of drug-likeness (QED) is 0.620. The summed E-state index contributed by atoms with van der Waals surface area (Å²) in [4.78, 5) is 11.7. The minimum atomic E-state index is 0.104. The van der Waals surface area contributed by atoms with Crippen LogP contribution in [0.2, 0.25) is 0 Å². The zero-order valence-electron chi connectivity index (χ0n) is 16.8. The van der Waals surface area contributed by atoms with E-state index >= 15 is 0 Å².